The van der Waals surface area contributed by atoms with Gasteiger partial charge in [0, 0.05) is 6.07 Å². The number of benzene rings is 1. The molecule has 0 aliphatic carbocycles. The van der Waals surface area contributed by atoms with Crippen LogP contribution >= 0.6 is 0 Å². The second kappa shape index (κ2) is 5.05. The molecule has 0 aromatic heterocycles. The van der Waals surface area contributed by atoms with E-state index >= 15 is 0 Å². The number of anilines is 1. The Morgan fingerprint density at radius 2 is 1.70 bits per heavy atom. The third-order valence-electron chi connectivity index (χ3n) is 2.14. The third kappa shape index (κ3) is 3.70. The van der Waals surface area contributed by atoms with E-state index in [0.717, 1.165) is 12.1 Å². The molecule has 1 aromatic carbocycles. The molecule has 1 aromatic rings. The highest BCUT2D eigenvalue weighted by Gasteiger charge is 2.58. The van der Waals surface area contributed by atoms with E-state index in [1.54, 1.807) is 0 Å². The number of nitrogen functional groups attached to an aromatic ring is 1. The maximum atomic E-state index is 12.6. The minimum absolute atomic E-state index is 0.310. The number of nitrogens with two attached hydrogens (primary N) is 2. The van der Waals surface area contributed by atoms with E-state index in [4.69, 9.17) is 10.9 Å². The molecule has 0 fully saturated rings. The molecule has 0 amide bonds. The Hall–Kier alpha value is -1.62. The highest BCUT2D eigenvalue weighted by atomic mass is 32.2. The van der Waals surface area contributed by atoms with E-state index in [1.807, 2.05) is 0 Å². The first-order valence-electron chi connectivity index (χ1n) is 4.84. The van der Waals surface area contributed by atoms with Gasteiger partial charge in [-0.3, -0.25) is 0 Å². The minimum Gasteiger partial charge on any atom is -0.485 e. The zero-order valence-corrected chi connectivity index (χ0v) is 10.4. The number of alkyl halides is 5. The van der Waals surface area contributed by atoms with Crippen molar-refractivity contribution in [3.8, 4) is 5.75 Å². The molecule has 0 atom stereocenters. The molecule has 5 nitrogen and oxygen atoms in total. The lowest BCUT2D eigenvalue weighted by atomic mass is 10.3. The van der Waals surface area contributed by atoms with Gasteiger partial charge in [0.2, 0.25) is 10.0 Å². The van der Waals surface area contributed by atoms with Crippen molar-refractivity contribution in [1.82, 2.24) is 0 Å². The molecular weight excluding hydrogens is 311 g/mol. The Morgan fingerprint density at radius 1 is 1.15 bits per heavy atom. The summed E-state index contributed by atoms with van der Waals surface area (Å²) in [4.78, 5) is -0.531. The molecule has 0 radical (unpaired) electrons. The Balaban J connectivity index is 3.00. The van der Waals surface area contributed by atoms with Crippen LogP contribution in [0.5, 0.6) is 5.75 Å². The fourth-order valence-corrected chi connectivity index (χ4v) is 1.60. The second-order valence-electron chi connectivity index (χ2n) is 3.74. The van der Waals surface area contributed by atoms with Crippen LogP contribution in [0.2, 0.25) is 0 Å². The molecule has 0 bridgehead atoms. The van der Waals surface area contributed by atoms with Gasteiger partial charge in [0.25, 0.3) is 0 Å². The lowest BCUT2D eigenvalue weighted by molar-refractivity contribution is -0.289. The average molecular weight is 320 g/mol. The predicted octanol–water partition coefficient (Wildman–Crippen LogP) is 1.49. The largest absolute Gasteiger partial charge is 0.485 e. The van der Waals surface area contributed by atoms with Crippen molar-refractivity contribution in [1.29, 1.82) is 0 Å². The van der Waals surface area contributed by atoms with E-state index in [-0.39, 0.29) is 5.69 Å². The molecule has 0 unspecified atom stereocenters. The molecule has 0 heterocycles. The Bertz CT molecular complexity index is 600. The summed E-state index contributed by atoms with van der Waals surface area (Å²) < 4.78 is 87.4. The van der Waals surface area contributed by atoms with Crippen molar-refractivity contribution < 1.29 is 35.1 Å². The molecule has 0 spiro atoms. The number of ether oxygens (including phenoxy) is 1. The van der Waals surface area contributed by atoms with Crippen molar-refractivity contribution in [3.05, 3.63) is 18.2 Å². The molecule has 0 saturated heterocycles. The van der Waals surface area contributed by atoms with Gasteiger partial charge in [0.1, 0.15) is 5.75 Å². The molecule has 20 heavy (non-hydrogen) atoms. The molecule has 1 rings (SSSR count). The van der Waals surface area contributed by atoms with Crippen molar-refractivity contribution >= 4 is 15.7 Å². The van der Waals surface area contributed by atoms with Crippen LogP contribution in [0.4, 0.5) is 27.6 Å². The molecular formula is C9H9F5N2O3S. The van der Waals surface area contributed by atoms with E-state index < -0.39 is 39.4 Å². The second-order valence-corrected chi connectivity index (χ2v) is 5.30. The predicted molar refractivity (Wildman–Crippen MR) is 58.7 cm³/mol. The summed E-state index contributed by atoms with van der Waals surface area (Å²) in [6.07, 6.45) is -5.79. The number of halogens is 5. The summed E-state index contributed by atoms with van der Waals surface area (Å²) in [5.41, 5.74) is 4.97. The Kier molecular flexibility index (Phi) is 4.15. The summed E-state index contributed by atoms with van der Waals surface area (Å²) in [6, 6.07) is 2.58. The first-order valence-corrected chi connectivity index (χ1v) is 6.39. The summed E-state index contributed by atoms with van der Waals surface area (Å²) in [7, 11) is -4.17. The number of rotatable bonds is 4. The van der Waals surface area contributed by atoms with Crippen LogP contribution in [0.3, 0.4) is 0 Å². The first kappa shape index (κ1) is 16.4. The van der Waals surface area contributed by atoms with Gasteiger partial charge in [-0.15, -0.1) is 0 Å². The van der Waals surface area contributed by atoms with Crippen molar-refractivity contribution in [2.45, 2.75) is 17.0 Å². The molecule has 0 aliphatic heterocycles. The number of hydrogen-bond acceptors (Lipinski definition) is 4. The van der Waals surface area contributed by atoms with Crippen molar-refractivity contribution in [2.24, 2.45) is 5.14 Å². The molecule has 4 N–H and O–H groups in total. The van der Waals surface area contributed by atoms with Crippen molar-refractivity contribution in [2.75, 3.05) is 12.3 Å². The smallest absolute Gasteiger partial charge is 0.456 e. The van der Waals surface area contributed by atoms with Crippen LogP contribution in [0.1, 0.15) is 0 Å². The zero-order chi connectivity index (χ0) is 15.8. The third-order valence-corrected chi connectivity index (χ3v) is 3.05. The van der Waals surface area contributed by atoms with Crippen LogP contribution < -0.4 is 15.6 Å². The highest BCUT2D eigenvalue weighted by molar-refractivity contribution is 7.89. The SMILES string of the molecule is Nc1ccc(S(N)(=O)=O)cc1OCC(F)(F)C(F)(F)F. The van der Waals surface area contributed by atoms with Gasteiger partial charge in [0.05, 0.1) is 10.6 Å². The maximum absolute atomic E-state index is 12.6. The number of hydrogen-bond donors (Lipinski definition) is 2. The number of sulfonamides is 1. The van der Waals surface area contributed by atoms with Crippen LogP contribution in [0.15, 0.2) is 23.1 Å². The van der Waals surface area contributed by atoms with Gasteiger partial charge in [0.15, 0.2) is 6.61 Å². The molecule has 11 heteroatoms. The van der Waals surface area contributed by atoms with Gasteiger partial charge >= 0.3 is 12.1 Å². The monoisotopic (exact) mass is 320 g/mol. The van der Waals surface area contributed by atoms with Gasteiger partial charge in [-0.05, 0) is 12.1 Å². The van der Waals surface area contributed by atoms with Crippen LogP contribution in [0, 0.1) is 0 Å². The zero-order valence-electron chi connectivity index (χ0n) is 9.62. The van der Waals surface area contributed by atoms with Crippen LogP contribution in [-0.4, -0.2) is 27.1 Å². The molecule has 114 valence electrons. The van der Waals surface area contributed by atoms with Gasteiger partial charge in [-0.25, -0.2) is 13.6 Å². The van der Waals surface area contributed by atoms with Crippen LogP contribution in [0.25, 0.3) is 0 Å². The van der Waals surface area contributed by atoms with Gasteiger partial charge < -0.3 is 10.5 Å². The molecule has 0 aliphatic rings. The summed E-state index contributed by atoms with van der Waals surface area (Å²) in [5.74, 6) is -5.74. The van der Waals surface area contributed by atoms with E-state index in [1.165, 1.54) is 0 Å². The van der Waals surface area contributed by atoms with E-state index in [0.29, 0.717) is 6.07 Å². The van der Waals surface area contributed by atoms with E-state index in [9.17, 15) is 30.4 Å². The van der Waals surface area contributed by atoms with Gasteiger partial charge in [-0.1, -0.05) is 0 Å². The normalized spacial score (nSPS) is 13.3. The van der Waals surface area contributed by atoms with Crippen LogP contribution in [-0.2, 0) is 10.0 Å². The fraction of sp³-hybridized carbons (Fsp3) is 0.333. The average Bonchev–Trinajstić information content (AvgIpc) is 2.24. The lowest BCUT2D eigenvalue weighted by Gasteiger charge is -2.20. The summed E-state index contributed by atoms with van der Waals surface area (Å²) in [5, 5.41) is 4.77. The standard InChI is InChI=1S/C9H9F5N2O3S/c10-8(11,9(12,13)14)4-19-7-3-5(20(16,17)18)1-2-6(7)15/h1-3H,4,15H2,(H2,16,17,18). The lowest BCUT2D eigenvalue weighted by Crippen LogP contribution is -2.41. The minimum atomic E-state index is -5.79. The Morgan fingerprint density at radius 3 is 2.15 bits per heavy atom. The topological polar surface area (TPSA) is 95.4 Å². The summed E-state index contributed by atoms with van der Waals surface area (Å²) >= 11 is 0. The maximum Gasteiger partial charge on any atom is 0.456 e. The first-order chi connectivity index (χ1) is 8.84. The van der Waals surface area contributed by atoms with Crippen molar-refractivity contribution in [3.63, 3.8) is 0 Å². The fourth-order valence-electron chi connectivity index (χ4n) is 1.07. The molecule has 0 saturated carbocycles. The number of primary sulfonamides is 1. The highest BCUT2D eigenvalue weighted by Crippen LogP contribution is 2.36. The van der Waals surface area contributed by atoms with E-state index in [2.05, 4.69) is 4.74 Å². The van der Waals surface area contributed by atoms with Gasteiger partial charge in [-0.2, -0.15) is 22.0 Å². The quantitative estimate of drug-likeness (QED) is 0.649. The summed E-state index contributed by atoms with van der Waals surface area (Å²) in [6.45, 7) is -2.03. The Labute approximate surface area is 110 Å².